The molecule has 122 valence electrons. The molecular formula is C15H15F2N3O3. The Morgan fingerprint density at radius 3 is 2.35 bits per heavy atom. The van der Waals surface area contributed by atoms with E-state index in [9.17, 15) is 23.2 Å². The Balaban J connectivity index is 1.77. The second-order valence-electron chi connectivity index (χ2n) is 5.56. The normalized spacial score (nSPS) is 22.8. The molecule has 2 heterocycles. The molecule has 2 aliphatic heterocycles. The van der Waals surface area contributed by atoms with E-state index in [-0.39, 0.29) is 12.1 Å². The van der Waals surface area contributed by atoms with Gasteiger partial charge < -0.3 is 4.90 Å². The number of anilines is 1. The van der Waals surface area contributed by atoms with E-state index in [4.69, 9.17) is 0 Å². The van der Waals surface area contributed by atoms with Gasteiger partial charge in [0.05, 0.1) is 18.2 Å². The number of hydrogen-bond donors (Lipinski definition) is 0. The SMILES string of the molecule is O=CN1CCN([C@@H]2CC(=O)N(c3ccc(F)c(F)c3)C2=O)CC1. The minimum absolute atomic E-state index is 0.00107. The number of nitrogens with zero attached hydrogens (tertiary/aromatic N) is 3. The van der Waals surface area contributed by atoms with Crippen LogP contribution in [0.1, 0.15) is 6.42 Å². The zero-order chi connectivity index (χ0) is 16.6. The number of piperazine rings is 1. The second kappa shape index (κ2) is 6.04. The van der Waals surface area contributed by atoms with Crippen LogP contribution in [-0.4, -0.2) is 60.2 Å². The number of imide groups is 1. The summed E-state index contributed by atoms with van der Waals surface area (Å²) in [6.07, 6.45) is 0.755. The molecule has 3 rings (SSSR count). The van der Waals surface area contributed by atoms with Crippen LogP contribution in [0.15, 0.2) is 18.2 Å². The predicted molar refractivity (Wildman–Crippen MR) is 76.5 cm³/mol. The van der Waals surface area contributed by atoms with Gasteiger partial charge in [-0.05, 0) is 12.1 Å². The molecule has 3 amide bonds. The topological polar surface area (TPSA) is 60.9 Å². The Hall–Kier alpha value is -2.35. The van der Waals surface area contributed by atoms with Gasteiger partial charge in [-0.25, -0.2) is 13.7 Å². The van der Waals surface area contributed by atoms with Crippen molar-refractivity contribution >= 4 is 23.9 Å². The van der Waals surface area contributed by atoms with Crippen molar-refractivity contribution in [3.8, 4) is 0 Å². The highest BCUT2D eigenvalue weighted by molar-refractivity contribution is 6.22. The minimum Gasteiger partial charge on any atom is -0.343 e. The van der Waals surface area contributed by atoms with Gasteiger partial charge in [-0.1, -0.05) is 0 Å². The first-order chi connectivity index (χ1) is 11.0. The van der Waals surface area contributed by atoms with E-state index >= 15 is 0 Å². The number of amides is 3. The molecule has 0 saturated carbocycles. The average Bonchev–Trinajstić information content (AvgIpc) is 2.85. The zero-order valence-corrected chi connectivity index (χ0v) is 12.2. The van der Waals surface area contributed by atoms with Gasteiger partial charge in [-0.2, -0.15) is 0 Å². The highest BCUT2D eigenvalue weighted by Crippen LogP contribution is 2.27. The van der Waals surface area contributed by atoms with Crippen molar-refractivity contribution in [1.29, 1.82) is 0 Å². The summed E-state index contributed by atoms with van der Waals surface area (Å²) in [5.41, 5.74) is 0.0351. The second-order valence-corrected chi connectivity index (χ2v) is 5.56. The molecule has 0 spiro atoms. The number of hydrogen-bond acceptors (Lipinski definition) is 4. The fraction of sp³-hybridized carbons (Fsp3) is 0.400. The molecule has 23 heavy (non-hydrogen) atoms. The molecule has 2 aliphatic rings. The lowest BCUT2D eigenvalue weighted by molar-refractivity contribution is -0.124. The van der Waals surface area contributed by atoms with Crippen molar-refractivity contribution in [2.75, 3.05) is 31.1 Å². The monoisotopic (exact) mass is 323 g/mol. The van der Waals surface area contributed by atoms with E-state index < -0.39 is 29.5 Å². The highest BCUT2D eigenvalue weighted by Gasteiger charge is 2.43. The first-order valence-electron chi connectivity index (χ1n) is 7.26. The average molecular weight is 323 g/mol. The first kappa shape index (κ1) is 15.5. The molecule has 0 N–H and O–H groups in total. The quantitative estimate of drug-likeness (QED) is 0.596. The first-order valence-corrected chi connectivity index (χ1v) is 7.26. The molecule has 0 bridgehead atoms. The van der Waals surface area contributed by atoms with Gasteiger partial charge in [0.1, 0.15) is 0 Å². The van der Waals surface area contributed by atoms with Crippen molar-refractivity contribution < 1.29 is 23.2 Å². The van der Waals surface area contributed by atoms with E-state index in [1.807, 2.05) is 4.90 Å². The molecule has 0 aromatic heterocycles. The standard InChI is InChI=1S/C15H15F2N3O3/c16-11-2-1-10(7-12(11)17)20-14(22)8-13(15(20)23)19-5-3-18(9-21)4-6-19/h1-2,7,9,13H,3-6,8H2/t13-/m1/s1. The summed E-state index contributed by atoms with van der Waals surface area (Å²) in [5, 5.41) is 0. The van der Waals surface area contributed by atoms with Crippen LogP contribution in [0.5, 0.6) is 0 Å². The summed E-state index contributed by atoms with van der Waals surface area (Å²) >= 11 is 0. The lowest BCUT2D eigenvalue weighted by Gasteiger charge is -2.35. The molecule has 1 aromatic carbocycles. The third-order valence-corrected chi connectivity index (χ3v) is 4.22. The van der Waals surface area contributed by atoms with E-state index in [0.717, 1.165) is 23.4 Å². The van der Waals surface area contributed by atoms with Crippen molar-refractivity contribution in [1.82, 2.24) is 9.80 Å². The van der Waals surface area contributed by atoms with Gasteiger partial charge in [-0.15, -0.1) is 0 Å². The molecular weight excluding hydrogens is 308 g/mol. The zero-order valence-electron chi connectivity index (χ0n) is 12.2. The summed E-state index contributed by atoms with van der Waals surface area (Å²) in [6.45, 7) is 1.97. The number of rotatable bonds is 3. The van der Waals surface area contributed by atoms with Crippen LogP contribution in [0.4, 0.5) is 14.5 Å². The summed E-state index contributed by atoms with van der Waals surface area (Å²) < 4.78 is 26.4. The molecule has 0 aliphatic carbocycles. The van der Waals surface area contributed by atoms with Gasteiger partial charge in [-0.3, -0.25) is 19.3 Å². The van der Waals surface area contributed by atoms with Crippen LogP contribution in [0.25, 0.3) is 0 Å². The number of carbonyl (C=O) groups excluding carboxylic acids is 3. The fourth-order valence-electron chi connectivity index (χ4n) is 2.95. The molecule has 1 atom stereocenters. The maximum Gasteiger partial charge on any atom is 0.251 e. The van der Waals surface area contributed by atoms with Gasteiger partial charge >= 0.3 is 0 Å². The Kier molecular flexibility index (Phi) is 4.08. The Labute approximate surface area is 131 Å². The summed E-state index contributed by atoms with van der Waals surface area (Å²) in [4.78, 5) is 39.7. The van der Waals surface area contributed by atoms with Crippen LogP contribution in [0, 0.1) is 11.6 Å². The Morgan fingerprint density at radius 2 is 1.74 bits per heavy atom. The molecule has 2 fully saturated rings. The largest absolute Gasteiger partial charge is 0.343 e. The molecule has 1 aromatic rings. The summed E-state index contributed by atoms with van der Waals surface area (Å²) in [7, 11) is 0. The summed E-state index contributed by atoms with van der Waals surface area (Å²) in [6, 6.07) is 2.32. The van der Waals surface area contributed by atoms with E-state index in [1.54, 1.807) is 4.90 Å². The number of benzene rings is 1. The Bertz CT molecular complexity index is 659. The number of halogens is 2. The molecule has 2 saturated heterocycles. The van der Waals surface area contributed by atoms with Crippen molar-refractivity contribution in [2.24, 2.45) is 0 Å². The van der Waals surface area contributed by atoms with Crippen LogP contribution in [-0.2, 0) is 14.4 Å². The maximum atomic E-state index is 13.3. The van der Waals surface area contributed by atoms with Crippen molar-refractivity contribution in [2.45, 2.75) is 12.5 Å². The highest BCUT2D eigenvalue weighted by atomic mass is 19.2. The molecule has 6 nitrogen and oxygen atoms in total. The summed E-state index contributed by atoms with van der Waals surface area (Å²) in [5.74, 6) is -3.02. The fourth-order valence-corrected chi connectivity index (χ4v) is 2.95. The van der Waals surface area contributed by atoms with E-state index in [2.05, 4.69) is 0 Å². The lowest BCUT2D eigenvalue weighted by atomic mass is 10.2. The van der Waals surface area contributed by atoms with Crippen LogP contribution < -0.4 is 4.90 Å². The van der Waals surface area contributed by atoms with Gasteiger partial charge in [0.25, 0.3) is 5.91 Å². The van der Waals surface area contributed by atoms with Crippen molar-refractivity contribution in [3.63, 3.8) is 0 Å². The Morgan fingerprint density at radius 1 is 1.04 bits per heavy atom. The van der Waals surface area contributed by atoms with E-state index in [1.165, 1.54) is 6.07 Å². The van der Waals surface area contributed by atoms with E-state index in [0.29, 0.717) is 26.2 Å². The minimum atomic E-state index is -1.11. The van der Waals surface area contributed by atoms with Crippen LogP contribution in [0.3, 0.4) is 0 Å². The maximum absolute atomic E-state index is 13.3. The van der Waals surface area contributed by atoms with Gasteiger partial charge in [0.2, 0.25) is 12.3 Å². The number of carbonyl (C=O) groups is 3. The molecule has 8 heteroatoms. The van der Waals surface area contributed by atoms with Crippen LogP contribution >= 0.6 is 0 Å². The smallest absolute Gasteiger partial charge is 0.251 e. The van der Waals surface area contributed by atoms with Gasteiger partial charge in [0.15, 0.2) is 11.6 Å². The van der Waals surface area contributed by atoms with Crippen LogP contribution in [0.2, 0.25) is 0 Å². The molecule has 0 radical (unpaired) electrons. The van der Waals surface area contributed by atoms with Crippen molar-refractivity contribution in [3.05, 3.63) is 29.8 Å². The molecule has 0 unspecified atom stereocenters. The predicted octanol–water partition coefficient (Wildman–Crippen LogP) is 0.371. The third-order valence-electron chi connectivity index (χ3n) is 4.22. The lowest BCUT2D eigenvalue weighted by Crippen LogP contribution is -2.52. The van der Waals surface area contributed by atoms with Gasteiger partial charge in [0, 0.05) is 32.2 Å². The third kappa shape index (κ3) is 2.81.